The van der Waals surface area contributed by atoms with Crippen LogP contribution in [0.25, 0.3) is 10.9 Å². The third kappa shape index (κ3) is 4.76. The Hall–Kier alpha value is -4.20. The van der Waals surface area contributed by atoms with Crippen LogP contribution < -0.4 is 10.2 Å². The van der Waals surface area contributed by atoms with Gasteiger partial charge in [-0.2, -0.15) is 0 Å². The summed E-state index contributed by atoms with van der Waals surface area (Å²) >= 11 is 0. The molecule has 8 heteroatoms. The molecule has 1 fully saturated rings. The first-order chi connectivity index (χ1) is 16.5. The fraction of sp³-hybridized carbons (Fsp3) is 0.231. The number of hydrogen-bond acceptors (Lipinski definition) is 5. The van der Waals surface area contributed by atoms with E-state index in [2.05, 4.69) is 25.2 Å². The summed E-state index contributed by atoms with van der Waals surface area (Å²) < 4.78 is 0. The standard InChI is InChI=1S/C26H26N6O2/c1-18-3-6-20-17-23(30-22(20)15-18)25(34)29-21-7-4-19(5-8-21)16-24(33)31-11-13-32(14-12-31)26-27-9-2-10-28-26/h2-10,15,17,30H,11-14,16H2,1H3,(H,29,34). The van der Waals surface area contributed by atoms with Gasteiger partial charge >= 0.3 is 0 Å². The van der Waals surface area contributed by atoms with Crippen LogP contribution in [0.15, 0.2) is 67.0 Å². The number of carbonyl (C=O) groups is 2. The molecule has 2 aromatic carbocycles. The highest BCUT2D eigenvalue weighted by Crippen LogP contribution is 2.19. The van der Waals surface area contributed by atoms with Gasteiger partial charge in [0.05, 0.1) is 6.42 Å². The smallest absolute Gasteiger partial charge is 0.272 e. The molecule has 172 valence electrons. The van der Waals surface area contributed by atoms with Gasteiger partial charge in [-0.05, 0) is 48.4 Å². The van der Waals surface area contributed by atoms with Gasteiger partial charge in [-0.3, -0.25) is 9.59 Å². The second-order valence-electron chi connectivity index (χ2n) is 8.52. The van der Waals surface area contributed by atoms with Gasteiger partial charge in [0.2, 0.25) is 11.9 Å². The number of anilines is 2. The molecule has 0 aliphatic carbocycles. The molecule has 4 aromatic rings. The summed E-state index contributed by atoms with van der Waals surface area (Å²) in [6.45, 7) is 4.75. The molecule has 0 radical (unpaired) electrons. The number of carbonyl (C=O) groups excluding carboxylic acids is 2. The van der Waals surface area contributed by atoms with Crippen molar-refractivity contribution in [1.29, 1.82) is 0 Å². The first kappa shape index (κ1) is 21.6. The van der Waals surface area contributed by atoms with E-state index >= 15 is 0 Å². The van der Waals surface area contributed by atoms with Gasteiger partial charge in [-0.25, -0.2) is 9.97 Å². The maximum atomic E-state index is 12.8. The van der Waals surface area contributed by atoms with Crippen LogP contribution in [0.3, 0.4) is 0 Å². The van der Waals surface area contributed by atoms with E-state index in [-0.39, 0.29) is 11.8 Å². The Morgan fingerprint density at radius 3 is 2.44 bits per heavy atom. The Kier molecular flexibility index (Phi) is 5.95. The topological polar surface area (TPSA) is 94.2 Å². The van der Waals surface area contributed by atoms with E-state index in [1.54, 1.807) is 18.5 Å². The third-order valence-electron chi connectivity index (χ3n) is 6.06. The normalized spacial score (nSPS) is 13.8. The number of nitrogens with one attached hydrogen (secondary N) is 2. The molecule has 2 amide bonds. The van der Waals surface area contributed by atoms with Gasteiger partial charge in [0.15, 0.2) is 0 Å². The van der Waals surface area contributed by atoms with Crippen molar-refractivity contribution < 1.29 is 9.59 Å². The number of hydrogen-bond donors (Lipinski definition) is 2. The van der Waals surface area contributed by atoms with Crippen molar-refractivity contribution in [1.82, 2.24) is 19.9 Å². The van der Waals surface area contributed by atoms with Crippen molar-refractivity contribution in [2.45, 2.75) is 13.3 Å². The van der Waals surface area contributed by atoms with Crippen molar-refractivity contribution in [3.63, 3.8) is 0 Å². The van der Waals surface area contributed by atoms with Crippen LogP contribution in [0.5, 0.6) is 0 Å². The highest BCUT2D eigenvalue weighted by atomic mass is 16.2. The third-order valence-corrected chi connectivity index (χ3v) is 6.06. The highest BCUT2D eigenvalue weighted by molar-refractivity contribution is 6.06. The lowest BCUT2D eigenvalue weighted by atomic mass is 10.1. The summed E-state index contributed by atoms with van der Waals surface area (Å²) in [7, 11) is 0. The average Bonchev–Trinajstić information content (AvgIpc) is 3.29. The van der Waals surface area contributed by atoms with Crippen molar-refractivity contribution in [2.24, 2.45) is 0 Å². The van der Waals surface area contributed by atoms with Crippen LogP contribution in [0.2, 0.25) is 0 Å². The molecule has 2 aromatic heterocycles. The summed E-state index contributed by atoms with van der Waals surface area (Å²) in [4.78, 5) is 41.1. The number of amides is 2. The van der Waals surface area contributed by atoms with Crippen LogP contribution >= 0.6 is 0 Å². The first-order valence-electron chi connectivity index (χ1n) is 11.3. The van der Waals surface area contributed by atoms with Gasteiger partial charge in [-0.1, -0.05) is 24.3 Å². The Balaban J connectivity index is 1.15. The van der Waals surface area contributed by atoms with Crippen LogP contribution in [0.1, 0.15) is 21.6 Å². The molecule has 1 saturated heterocycles. The lowest BCUT2D eigenvalue weighted by Gasteiger charge is -2.34. The monoisotopic (exact) mass is 454 g/mol. The van der Waals surface area contributed by atoms with Crippen molar-refractivity contribution >= 4 is 34.4 Å². The van der Waals surface area contributed by atoms with Crippen molar-refractivity contribution in [3.05, 3.63) is 83.8 Å². The van der Waals surface area contributed by atoms with Crippen LogP contribution in [0, 0.1) is 6.92 Å². The molecular weight excluding hydrogens is 428 g/mol. The molecule has 5 rings (SSSR count). The summed E-state index contributed by atoms with van der Waals surface area (Å²) in [5.41, 5.74) is 4.19. The van der Waals surface area contributed by atoms with Gasteiger partial charge in [0.1, 0.15) is 5.69 Å². The molecule has 3 heterocycles. The Labute approximate surface area is 197 Å². The lowest BCUT2D eigenvalue weighted by Crippen LogP contribution is -2.49. The van der Waals surface area contributed by atoms with Crippen molar-refractivity contribution in [2.75, 3.05) is 36.4 Å². The highest BCUT2D eigenvalue weighted by Gasteiger charge is 2.22. The van der Waals surface area contributed by atoms with Gasteiger partial charge in [0, 0.05) is 55.2 Å². The number of aromatic amines is 1. The zero-order valence-corrected chi connectivity index (χ0v) is 19.0. The van der Waals surface area contributed by atoms with Gasteiger partial charge in [-0.15, -0.1) is 0 Å². The Bertz CT molecular complexity index is 1310. The number of nitrogens with zero attached hydrogens (tertiary/aromatic N) is 4. The summed E-state index contributed by atoms with van der Waals surface area (Å²) in [5.74, 6) is 0.603. The molecular formula is C26H26N6O2. The quantitative estimate of drug-likeness (QED) is 0.482. The minimum absolute atomic E-state index is 0.0961. The minimum atomic E-state index is -0.196. The second-order valence-corrected chi connectivity index (χ2v) is 8.52. The molecule has 0 atom stereocenters. The van der Waals surface area contributed by atoms with Gasteiger partial charge in [0.25, 0.3) is 5.91 Å². The predicted molar refractivity (Wildman–Crippen MR) is 132 cm³/mol. The largest absolute Gasteiger partial charge is 0.351 e. The van der Waals surface area contributed by atoms with E-state index in [1.165, 1.54) is 0 Å². The zero-order valence-electron chi connectivity index (χ0n) is 19.0. The number of aromatic nitrogens is 3. The lowest BCUT2D eigenvalue weighted by molar-refractivity contribution is -0.130. The molecule has 8 nitrogen and oxygen atoms in total. The van der Waals surface area contributed by atoms with Crippen LogP contribution in [0.4, 0.5) is 11.6 Å². The molecule has 0 spiro atoms. The molecule has 0 unspecified atom stereocenters. The molecule has 1 aliphatic heterocycles. The summed E-state index contributed by atoms with van der Waals surface area (Å²) in [5, 5.41) is 3.92. The Morgan fingerprint density at radius 2 is 1.71 bits per heavy atom. The van der Waals surface area contributed by atoms with Crippen LogP contribution in [-0.4, -0.2) is 57.8 Å². The van der Waals surface area contributed by atoms with Crippen molar-refractivity contribution in [3.8, 4) is 0 Å². The maximum Gasteiger partial charge on any atom is 0.272 e. The van der Waals surface area contributed by atoms with E-state index in [4.69, 9.17) is 0 Å². The zero-order chi connectivity index (χ0) is 23.5. The summed E-state index contributed by atoms with van der Waals surface area (Å²) in [6.07, 6.45) is 3.79. The minimum Gasteiger partial charge on any atom is -0.351 e. The predicted octanol–water partition coefficient (Wildman–Crippen LogP) is 3.41. The number of rotatable bonds is 5. The van der Waals surface area contributed by atoms with E-state index in [0.717, 1.165) is 22.0 Å². The fourth-order valence-corrected chi connectivity index (χ4v) is 4.16. The van der Waals surface area contributed by atoms with E-state index in [0.29, 0.717) is 49.9 Å². The van der Waals surface area contributed by atoms with Gasteiger partial charge < -0.3 is 20.1 Å². The SMILES string of the molecule is Cc1ccc2cc(C(=O)Nc3ccc(CC(=O)N4CCN(c5ncccn5)CC4)cc3)[nH]c2c1. The van der Waals surface area contributed by atoms with E-state index < -0.39 is 0 Å². The maximum absolute atomic E-state index is 12.8. The molecule has 34 heavy (non-hydrogen) atoms. The number of H-pyrrole nitrogens is 1. The number of piperazine rings is 1. The molecule has 0 bridgehead atoms. The fourth-order valence-electron chi connectivity index (χ4n) is 4.16. The number of benzene rings is 2. The Morgan fingerprint density at radius 1 is 0.971 bits per heavy atom. The number of fused-ring (bicyclic) bond motifs is 1. The van der Waals surface area contributed by atoms with E-state index in [1.807, 2.05) is 60.4 Å². The molecule has 0 saturated carbocycles. The molecule has 1 aliphatic rings. The second kappa shape index (κ2) is 9.35. The number of aryl methyl sites for hydroxylation is 1. The van der Waals surface area contributed by atoms with E-state index in [9.17, 15) is 9.59 Å². The molecule has 2 N–H and O–H groups in total. The first-order valence-corrected chi connectivity index (χ1v) is 11.3. The average molecular weight is 455 g/mol. The van der Waals surface area contributed by atoms with Crippen LogP contribution in [-0.2, 0) is 11.2 Å². The summed E-state index contributed by atoms with van der Waals surface area (Å²) in [6, 6.07) is 17.1.